The summed E-state index contributed by atoms with van der Waals surface area (Å²) in [4.78, 5) is 10.4. The Morgan fingerprint density at radius 2 is 2.28 bits per heavy atom. The summed E-state index contributed by atoms with van der Waals surface area (Å²) in [5, 5.41) is 8.69. The molecule has 98 valence electrons. The van der Waals surface area contributed by atoms with Crippen molar-refractivity contribution >= 4 is 31.9 Å². The van der Waals surface area contributed by atoms with Gasteiger partial charge in [-0.05, 0) is 22.9 Å². The Kier molecular flexibility index (Phi) is 4.95. The number of hydrogen-bond acceptors (Lipinski definition) is 4. The molecule has 0 bridgehead atoms. The van der Waals surface area contributed by atoms with E-state index in [1.165, 1.54) is 0 Å². The Hall–Kier alpha value is -1.30. The highest BCUT2D eigenvalue weighted by molar-refractivity contribution is 9.10. The number of nitrogens with one attached hydrogen (secondary N) is 1. The molecule has 0 aliphatic heterocycles. The van der Waals surface area contributed by atoms with E-state index in [-0.39, 0.29) is 16.1 Å². The molecule has 0 radical (unpaired) electrons. The minimum absolute atomic E-state index is 0.142. The van der Waals surface area contributed by atoms with Gasteiger partial charge < -0.3 is 9.52 Å². The first kappa shape index (κ1) is 14.8. The zero-order chi connectivity index (χ0) is 13.8. The van der Waals surface area contributed by atoms with E-state index in [2.05, 4.69) is 32.5 Å². The van der Waals surface area contributed by atoms with Crippen LogP contribution in [0.1, 0.15) is 23.9 Å². The van der Waals surface area contributed by atoms with Gasteiger partial charge in [0.25, 0.3) is 0 Å². The third-order valence-corrected chi connectivity index (χ3v) is 4.19. The van der Waals surface area contributed by atoms with E-state index in [0.717, 1.165) is 6.07 Å². The molecule has 0 spiro atoms. The highest BCUT2D eigenvalue weighted by Crippen LogP contribution is 2.25. The fourth-order valence-corrected chi connectivity index (χ4v) is 3.06. The zero-order valence-corrected chi connectivity index (χ0v) is 11.8. The van der Waals surface area contributed by atoms with Crippen molar-refractivity contribution in [2.45, 2.75) is 18.2 Å². The molecular formula is C10H10BrNO5S. The van der Waals surface area contributed by atoms with Crippen LogP contribution in [-0.2, 0) is 10.0 Å². The molecule has 0 saturated heterocycles. The van der Waals surface area contributed by atoms with E-state index in [9.17, 15) is 13.2 Å². The van der Waals surface area contributed by atoms with E-state index in [1.54, 1.807) is 6.92 Å². The topological polar surface area (TPSA) is 96.6 Å². The number of carboxylic acids is 1. The summed E-state index contributed by atoms with van der Waals surface area (Å²) in [6.07, 6.45) is 0.372. The van der Waals surface area contributed by atoms with Crippen molar-refractivity contribution in [3.63, 3.8) is 0 Å². The van der Waals surface area contributed by atoms with Crippen molar-refractivity contribution in [1.82, 2.24) is 4.72 Å². The summed E-state index contributed by atoms with van der Waals surface area (Å²) in [6, 6.07) is 0.945. The Morgan fingerprint density at radius 1 is 1.61 bits per heavy atom. The van der Waals surface area contributed by atoms with Crippen molar-refractivity contribution in [1.29, 1.82) is 0 Å². The van der Waals surface area contributed by atoms with Gasteiger partial charge in [-0.15, -0.1) is 11.8 Å². The van der Waals surface area contributed by atoms with Crippen LogP contribution in [0.2, 0.25) is 0 Å². The van der Waals surface area contributed by atoms with Crippen LogP contribution >= 0.6 is 15.9 Å². The van der Waals surface area contributed by atoms with Crippen molar-refractivity contribution < 1.29 is 22.7 Å². The molecule has 0 saturated carbocycles. The number of carbonyl (C=O) groups is 1. The van der Waals surface area contributed by atoms with E-state index < -0.39 is 21.8 Å². The summed E-state index contributed by atoms with van der Waals surface area (Å²) in [5.74, 6) is 3.55. The first-order valence-electron chi connectivity index (χ1n) is 4.80. The molecule has 1 heterocycles. The first-order valence-corrected chi connectivity index (χ1v) is 7.08. The predicted octanol–water partition coefficient (Wildman–Crippen LogP) is 1.43. The smallest absolute Gasteiger partial charge is 0.371 e. The molecule has 6 nitrogen and oxygen atoms in total. The second-order valence-corrected chi connectivity index (χ2v) is 5.58. The lowest BCUT2D eigenvalue weighted by atomic mass is 10.4. The summed E-state index contributed by atoms with van der Waals surface area (Å²) in [7, 11) is -3.81. The molecule has 0 aliphatic carbocycles. The molecule has 1 aromatic heterocycles. The minimum atomic E-state index is -3.81. The number of sulfonamides is 1. The van der Waals surface area contributed by atoms with Crippen molar-refractivity contribution in [2.24, 2.45) is 0 Å². The van der Waals surface area contributed by atoms with Crippen LogP contribution in [0, 0.1) is 11.8 Å². The molecule has 0 amide bonds. The number of halogens is 1. The van der Waals surface area contributed by atoms with Crippen LogP contribution < -0.4 is 4.72 Å². The van der Waals surface area contributed by atoms with Gasteiger partial charge in [0, 0.05) is 19.0 Å². The monoisotopic (exact) mass is 335 g/mol. The summed E-state index contributed by atoms with van der Waals surface area (Å²) >= 11 is 2.87. The standard InChI is InChI=1S/C10H10BrNO5S/c1-2-3-4-5-12-18(15,16)8-6-7(10(13)14)17-9(8)11/h6,12H,4-5H2,1H3,(H,13,14). The Balaban J connectivity index is 2.90. The van der Waals surface area contributed by atoms with E-state index in [0.29, 0.717) is 6.42 Å². The van der Waals surface area contributed by atoms with Gasteiger partial charge in [0.15, 0.2) is 4.67 Å². The maximum absolute atomic E-state index is 11.8. The van der Waals surface area contributed by atoms with E-state index in [4.69, 9.17) is 9.52 Å². The third-order valence-electron chi connectivity index (χ3n) is 1.87. The summed E-state index contributed by atoms with van der Waals surface area (Å²) in [6.45, 7) is 1.80. The third kappa shape index (κ3) is 3.60. The second kappa shape index (κ2) is 6.04. The van der Waals surface area contributed by atoms with Gasteiger partial charge in [-0.25, -0.2) is 17.9 Å². The van der Waals surface area contributed by atoms with Crippen LogP contribution in [0.25, 0.3) is 0 Å². The van der Waals surface area contributed by atoms with Gasteiger partial charge in [-0.2, -0.15) is 0 Å². The summed E-state index contributed by atoms with van der Waals surface area (Å²) < 4.78 is 30.5. The average molecular weight is 336 g/mol. The number of aromatic carboxylic acids is 1. The molecule has 0 aromatic carbocycles. The molecule has 0 atom stereocenters. The molecular weight excluding hydrogens is 326 g/mol. The molecule has 0 aliphatic rings. The molecule has 18 heavy (non-hydrogen) atoms. The Bertz CT molecular complexity index is 608. The van der Waals surface area contributed by atoms with Crippen LogP contribution in [-0.4, -0.2) is 26.0 Å². The Morgan fingerprint density at radius 3 is 2.78 bits per heavy atom. The van der Waals surface area contributed by atoms with Crippen LogP contribution in [0.5, 0.6) is 0 Å². The highest BCUT2D eigenvalue weighted by atomic mass is 79.9. The number of hydrogen-bond donors (Lipinski definition) is 2. The SMILES string of the molecule is CC#CCCNS(=O)(=O)c1cc(C(=O)O)oc1Br. The van der Waals surface area contributed by atoms with Crippen molar-refractivity contribution in [2.75, 3.05) is 6.54 Å². The number of rotatable bonds is 5. The maximum Gasteiger partial charge on any atom is 0.371 e. The molecule has 2 N–H and O–H groups in total. The average Bonchev–Trinajstić information content (AvgIpc) is 2.68. The number of furan rings is 1. The quantitative estimate of drug-likeness (QED) is 0.626. The normalized spacial score (nSPS) is 10.8. The minimum Gasteiger partial charge on any atom is -0.475 e. The molecule has 0 fully saturated rings. The van der Waals surface area contributed by atoms with Crippen LogP contribution in [0.3, 0.4) is 0 Å². The summed E-state index contributed by atoms with van der Waals surface area (Å²) in [5.41, 5.74) is 0. The van der Waals surface area contributed by atoms with E-state index in [1.807, 2.05) is 0 Å². The van der Waals surface area contributed by atoms with Gasteiger partial charge in [-0.1, -0.05) is 0 Å². The lowest BCUT2D eigenvalue weighted by Gasteiger charge is -2.02. The second-order valence-electron chi connectivity index (χ2n) is 3.13. The lowest BCUT2D eigenvalue weighted by Crippen LogP contribution is -2.24. The van der Waals surface area contributed by atoms with Crippen LogP contribution in [0.4, 0.5) is 0 Å². The molecule has 1 aromatic rings. The first-order chi connectivity index (χ1) is 8.38. The van der Waals surface area contributed by atoms with Crippen molar-refractivity contribution in [3.8, 4) is 11.8 Å². The zero-order valence-electron chi connectivity index (χ0n) is 9.36. The van der Waals surface area contributed by atoms with Gasteiger partial charge in [0.05, 0.1) is 0 Å². The molecule has 8 heteroatoms. The fourth-order valence-electron chi connectivity index (χ4n) is 1.09. The fraction of sp³-hybridized carbons (Fsp3) is 0.300. The van der Waals surface area contributed by atoms with Gasteiger partial charge in [0.1, 0.15) is 4.90 Å². The van der Waals surface area contributed by atoms with Gasteiger partial charge in [-0.3, -0.25) is 0 Å². The van der Waals surface area contributed by atoms with E-state index >= 15 is 0 Å². The number of carboxylic acid groups (broad SMARTS) is 1. The van der Waals surface area contributed by atoms with Crippen LogP contribution in [0.15, 0.2) is 20.0 Å². The molecule has 1 rings (SSSR count). The van der Waals surface area contributed by atoms with Gasteiger partial charge >= 0.3 is 5.97 Å². The predicted molar refractivity (Wildman–Crippen MR) is 66.6 cm³/mol. The van der Waals surface area contributed by atoms with Gasteiger partial charge in [0.2, 0.25) is 15.8 Å². The molecule has 0 unspecified atom stereocenters. The highest BCUT2D eigenvalue weighted by Gasteiger charge is 2.24. The lowest BCUT2D eigenvalue weighted by molar-refractivity contribution is 0.0661. The largest absolute Gasteiger partial charge is 0.475 e. The Labute approximate surface area is 113 Å². The van der Waals surface area contributed by atoms with Crippen molar-refractivity contribution in [3.05, 3.63) is 16.5 Å². The maximum atomic E-state index is 11.8.